The second kappa shape index (κ2) is 4.97. The fraction of sp³-hybridized carbons (Fsp3) is 0.462. The Kier molecular flexibility index (Phi) is 3.63. The van der Waals surface area contributed by atoms with Gasteiger partial charge in [0.2, 0.25) is 0 Å². The van der Waals surface area contributed by atoms with Crippen LogP contribution in [0.25, 0.3) is 0 Å². The minimum Gasteiger partial charge on any atom is -0.0875 e. The Balaban J connectivity index is 2.04. The van der Waals surface area contributed by atoms with Crippen LogP contribution < -0.4 is 0 Å². The maximum Gasteiger partial charge on any atom is 0.0302 e. The van der Waals surface area contributed by atoms with Crippen molar-refractivity contribution in [2.75, 3.05) is 0 Å². The minimum absolute atomic E-state index is 0.772. The molecule has 1 fully saturated rings. The summed E-state index contributed by atoms with van der Waals surface area (Å²) in [5.74, 6) is 1.55. The van der Waals surface area contributed by atoms with E-state index in [4.69, 9.17) is 0 Å². The Hall–Kier alpha value is -0.300. The van der Waals surface area contributed by atoms with Crippen LogP contribution in [-0.2, 0) is 0 Å². The van der Waals surface area contributed by atoms with Crippen molar-refractivity contribution in [3.8, 4) is 0 Å². The molecule has 1 aromatic carbocycles. The molecule has 1 heteroatoms. The third-order valence-electron chi connectivity index (χ3n) is 3.16. The summed E-state index contributed by atoms with van der Waals surface area (Å²) in [4.78, 5) is 0. The minimum atomic E-state index is 0.772. The van der Waals surface area contributed by atoms with Crippen molar-refractivity contribution in [3.05, 3.63) is 41.2 Å². The topological polar surface area (TPSA) is 0 Å². The normalized spacial score (nSPS) is 27.5. The summed E-state index contributed by atoms with van der Waals surface area (Å²) in [6, 6.07) is 10.9. The van der Waals surface area contributed by atoms with Crippen LogP contribution in [-0.4, -0.2) is 0 Å². The standard InChI is InChI=1S/C13H16Br/c14-10-11-5-4-8-13(9-11)12-6-2-1-3-7-12/h1-3,6-7,10-11,13H,4-5,8-9H2. The maximum absolute atomic E-state index is 3.49. The van der Waals surface area contributed by atoms with Gasteiger partial charge in [0.25, 0.3) is 0 Å². The van der Waals surface area contributed by atoms with E-state index in [1.165, 1.54) is 31.2 Å². The molecule has 1 aliphatic carbocycles. The van der Waals surface area contributed by atoms with Crippen LogP contribution in [0.4, 0.5) is 0 Å². The van der Waals surface area contributed by atoms with Crippen molar-refractivity contribution < 1.29 is 0 Å². The molecule has 0 nitrogen and oxygen atoms in total. The largest absolute Gasteiger partial charge is 0.0875 e. The first kappa shape index (κ1) is 10.2. The molecule has 0 heterocycles. The van der Waals surface area contributed by atoms with E-state index >= 15 is 0 Å². The van der Waals surface area contributed by atoms with E-state index in [9.17, 15) is 0 Å². The van der Waals surface area contributed by atoms with E-state index < -0.39 is 0 Å². The fourth-order valence-electron chi connectivity index (χ4n) is 2.37. The van der Waals surface area contributed by atoms with E-state index in [2.05, 4.69) is 51.6 Å². The van der Waals surface area contributed by atoms with E-state index in [-0.39, 0.29) is 0 Å². The van der Waals surface area contributed by atoms with E-state index in [1.54, 1.807) is 0 Å². The molecule has 0 spiro atoms. The first-order valence-corrected chi connectivity index (χ1v) is 6.30. The van der Waals surface area contributed by atoms with Crippen LogP contribution in [0.2, 0.25) is 0 Å². The van der Waals surface area contributed by atoms with Crippen molar-refractivity contribution in [2.45, 2.75) is 31.6 Å². The molecule has 1 saturated carbocycles. The third kappa shape index (κ3) is 2.38. The molecule has 75 valence electrons. The average Bonchev–Trinajstić information content (AvgIpc) is 2.30. The average molecular weight is 252 g/mol. The van der Waals surface area contributed by atoms with Gasteiger partial charge in [-0.1, -0.05) is 52.7 Å². The van der Waals surface area contributed by atoms with Gasteiger partial charge in [-0.25, -0.2) is 0 Å². The molecule has 0 aliphatic heterocycles. The zero-order chi connectivity index (χ0) is 9.80. The van der Waals surface area contributed by atoms with Crippen LogP contribution in [0.1, 0.15) is 37.2 Å². The highest BCUT2D eigenvalue weighted by Gasteiger charge is 2.22. The highest BCUT2D eigenvalue weighted by atomic mass is 79.9. The third-order valence-corrected chi connectivity index (χ3v) is 3.91. The summed E-state index contributed by atoms with van der Waals surface area (Å²) in [7, 11) is 0. The number of hydrogen-bond donors (Lipinski definition) is 0. The van der Waals surface area contributed by atoms with E-state index in [0.717, 1.165) is 11.8 Å². The molecule has 2 rings (SSSR count). The van der Waals surface area contributed by atoms with Crippen molar-refractivity contribution in [2.24, 2.45) is 5.92 Å². The van der Waals surface area contributed by atoms with Gasteiger partial charge in [-0.3, -0.25) is 0 Å². The summed E-state index contributed by atoms with van der Waals surface area (Å²) >= 11 is 3.49. The lowest BCUT2D eigenvalue weighted by Crippen LogP contribution is -2.13. The lowest BCUT2D eigenvalue weighted by molar-refractivity contribution is 0.367. The van der Waals surface area contributed by atoms with Gasteiger partial charge in [0, 0.05) is 5.33 Å². The highest BCUT2D eigenvalue weighted by Crippen LogP contribution is 2.37. The van der Waals surface area contributed by atoms with Crippen LogP contribution in [0.3, 0.4) is 0 Å². The quantitative estimate of drug-likeness (QED) is 0.726. The van der Waals surface area contributed by atoms with Gasteiger partial charge < -0.3 is 0 Å². The zero-order valence-electron chi connectivity index (χ0n) is 8.33. The molecule has 0 saturated heterocycles. The van der Waals surface area contributed by atoms with Crippen molar-refractivity contribution >= 4 is 15.9 Å². The van der Waals surface area contributed by atoms with Gasteiger partial charge in [0.15, 0.2) is 0 Å². The number of hydrogen-bond acceptors (Lipinski definition) is 0. The second-order valence-electron chi connectivity index (χ2n) is 4.16. The molecule has 2 unspecified atom stereocenters. The molecular formula is C13H16Br. The number of benzene rings is 1. The summed E-state index contributed by atoms with van der Waals surface area (Å²) < 4.78 is 0. The fourth-order valence-corrected chi connectivity index (χ4v) is 2.85. The van der Waals surface area contributed by atoms with Crippen molar-refractivity contribution in [3.63, 3.8) is 0 Å². The molecule has 0 N–H and O–H groups in total. The molecule has 0 amide bonds. The monoisotopic (exact) mass is 251 g/mol. The molecule has 14 heavy (non-hydrogen) atoms. The lowest BCUT2D eigenvalue weighted by atomic mass is 9.79. The van der Waals surface area contributed by atoms with Gasteiger partial charge >= 0.3 is 0 Å². The molecule has 1 aliphatic rings. The van der Waals surface area contributed by atoms with Crippen LogP contribution >= 0.6 is 15.9 Å². The molecular weight excluding hydrogens is 236 g/mol. The zero-order valence-corrected chi connectivity index (χ0v) is 9.91. The smallest absolute Gasteiger partial charge is 0.0302 e. The molecule has 1 radical (unpaired) electrons. The molecule has 2 atom stereocenters. The van der Waals surface area contributed by atoms with Gasteiger partial charge in [0.1, 0.15) is 0 Å². The molecule has 1 aromatic rings. The maximum atomic E-state index is 3.49. The Labute approximate surface area is 94.8 Å². The van der Waals surface area contributed by atoms with Crippen molar-refractivity contribution in [1.29, 1.82) is 0 Å². The Bertz CT molecular complexity index is 268. The molecule has 0 aromatic heterocycles. The van der Waals surface area contributed by atoms with Crippen LogP contribution in [0, 0.1) is 11.2 Å². The van der Waals surface area contributed by atoms with E-state index in [0.29, 0.717) is 0 Å². The highest BCUT2D eigenvalue weighted by molar-refractivity contribution is 9.10. The van der Waals surface area contributed by atoms with E-state index in [1.807, 2.05) is 0 Å². The Morgan fingerprint density at radius 1 is 1.14 bits per heavy atom. The van der Waals surface area contributed by atoms with Crippen LogP contribution in [0.15, 0.2) is 30.3 Å². The summed E-state index contributed by atoms with van der Waals surface area (Å²) in [5.41, 5.74) is 1.52. The summed E-state index contributed by atoms with van der Waals surface area (Å²) in [6.45, 7) is 0. The Morgan fingerprint density at radius 2 is 1.93 bits per heavy atom. The second-order valence-corrected chi connectivity index (χ2v) is 4.69. The van der Waals surface area contributed by atoms with Crippen LogP contribution in [0.5, 0.6) is 0 Å². The first-order chi connectivity index (χ1) is 6.90. The van der Waals surface area contributed by atoms with Gasteiger partial charge in [-0.15, -0.1) is 0 Å². The van der Waals surface area contributed by atoms with Crippen molar-refractivity contribution in [1.82, 2.24) is 0 Å². The predicted octanol–water partition coefficient (Wildman–Crippen LogP) is 4.52. The van der Waals surface area contributed by atoms with Gasteiger partial charge in [-0.2, -0.15) is 0 Å². The summed E-state index contributed by atoms with van der Waals surface area (Å²) in [6.07, 6.45) is 5.40. The lowest BCUT2D eigenvalue weighted by Gasteiger charge is -2.28. The molecule has 0 bridgehead atoms. The number of rotatable bonds is 2. The SMILES string of the molecule is Br[CH]C1CCCC(c2ccccc2)C1. The summed E-state index contributed by atoms with van der Waals surface area (Å²) in [5, 5.41) is 2.20. The number of halogens is 1. The van der Waals surface area contributed by atoms with Gasteiger partial charge in [-0.05, 0) is 36.7 Å². The predicted molar refractivity (Wildman–Crippen MR) is 64.4 cm³/mol. The Morgan fingerprint density at radius 3 is 2.64 bits per heavy atom. The first-order valence-electron chi connectivity index (χ1n) is 5.38. The van der Waals surface area contributed by atoms with Gasteiger partial charge in [0.05, 0.1) is 0 Å².